The van der Waals surface area contributed by atoms with E-state index in [9.17, 15) is 29.5 Å². The minimum Gasteiger partial charge on any atom is -0.508 e. The van der Waals surface area contributed by atoms with Gasteiger partial charge in [-0.2, -0.15) is 0 Å². The van der Waals surface area contributed by atoms with E-state index in [1.807, 2.05) is 42.5 Å². The zero-order valence-corrected chi connectivity index (χ0v) is 27.7. The number of rotatable bonds is 5. The van der Waals surface area contributed by atoms with Crippen LogP contribution in [0.1, 0.15) is 35.4 Å². The zero-order chi connectivity index (χ0) is 35.1. The highest BCUT2D eigenvalue weighted by Gasteiger charge is 2.70. The van der Waals surface area contributed by atoms with Crippen molar-refractivity contribution in [3.8, 4) is 5.75 Å². The largest absolute Gasteiger partial charge is 0.508 e. The van der Waals surface area contributed by atoms with Crippen LogP contribution in [0.25, 0.3) is 0 Å². The second kappa shape index (κ2) is 11.8. The highest BCUT2D eigenvalue weighted by atomic mass is 35.5. The van der Waals surface area contributed by atoms with Gasteiger partial charge in [-0.15, -0.1) is 0 Å². The summed E-state index contributed by atoms with van der Waals surface area (Å²) >= 11 is 6.38. The summed E-state index contributed by atoms with van der Waals surface area (Å²) in [7, 11) is -1.79. The molecular formula is C39H32BClN2O7. The van der Waals surface area contributed by atoms with Gasteiger partial charge in [0.2, 0.25) is 23.6 Å². The lowest BCUT2D eigenvalue weighted by Crippen LogP contribution is -2.53. The lowest BCUT2D eigenvalue weighted by atomic mass is 9.49. The van der Waals surface area contributed by atoms with Gasteiger partial charge >= 0.3 is 7.12 Å². The fourth-order valence-electron chi connectivity index (χ4n) is 9.06. The zero-order valence-electron chi connectivity index (χ0n) is 26.9. The summed E-state index contributed by atoms with van der Waals surface area (Å²) in [6.45, 7) is 1.77. The second-order valence-corrected chi connectivity index (χ2v) is 14.1. The van der Waals surface area contributed by atoms with Crippen LogP contribution in [0.4, 0.5) is 11.4 Å². The van der Waals surface area contributed by atoms with Crippen LogP contribution in [-0.4, -0.2) is 45.9 Å². The molecular weight excluding hydrogens is 655 g/mol. The topological polar surface area (TPSA) is 135 Å². The Kier molecular flexibility index (Phi) is 7.60. The van der Waals surface area contributed by atoms with Crippen LogP contribution in [0.15, 0.2) is 109 Å². The van der Waals surface area contributed by atoms with Gasteiger partial charge in [0.1, 0.15) is 5.75 Å². The summed E-state index contributed by atoms with van der Waals surface area (Å²) in [6.07, 6.45) is 2.35. The van der Waals surface area contributed by atoms with Gasteiger partial charge in [-0.25, -0.2) is 4.90 Å². The molecule has 3 fully saturated rings. The Morgan fingerprint density at radius 3 is 2.20 bits per heavy atom. The van der Waals surface area contributed by atoms with Crippen LogP contribution in [0, 0.1) is 30.6 Å². The number of aryl methyl sites for hydroxylation is 1. The molecule has 2 aliphatic carbocycles. The molecule has 0 spiro atoms. The molecule has 2 heterocycles. The Hall–Kier alpha value is -5.03. The number of allylic oxidation sites excluding steroid dienone is 2. The standard InChI is InChI=1S/C39H32BClN2O7/c1-21-17-22(13-16-32(21)44)34-28-14-15-29-33(37(47)42(35(29)45)26-11-5-9-24(18-26)40(49)50)30(28)20-31-36(46)43(27-12-6-10-25(41)19-27)38(48)39(31,34)23-7-3-2-4-8-23/h2-14,16-19,29-31,33-34,44,49-50H,15,20H2,1H3. The molecule has 2 saturated heterocycles. The van der Waals surface area contributed by atoms with Gasteiger partial charge in [0, 0.05) is 10.9 Å². The summed E-state index contributed by atoms with van der Waals surface area (Å²) in [5.74, 6) is -5.30. The normalized spacial score (nSPS) is 27.2. The number of phenols is 1. The van der Waals surface area contributed by atoms with Crippen molar-refractivity contribution in [2.75, 3.05) is 9.80 Å². The smallest absolute Gasteiger partial charge is 0.488 e. The number of phenolic OH excluding ortho intramolecular Hbond substituents is 1. The Labute approximate surface area is 293 Å². The fourth-order valence-corrected chi connectivity index (χ4v) is 9.24. The van der Waals surface area contributed by atoms with E-state index < -0.39 is 65.8 Å². The number of benzene rings is 4. The Morgan fingerprint density at radius 1 is 0.780 bits per heavy atom. The Morgan fingerprint density at radius 2 is 1.50 bits per heavy atom. The van der Waals surface area contributed by atoms with E-state index in [-0.39, 0.29) is 29.7 Å². The Balaban J connectivity index is 1.34. The van der Waals surface area contributed by atoms with Gasteiger partial charge in [-0.3, -0.25) is 24.1 Å². The van der Waals surface area contributed by atoms with Crippen molar-refractivity contribution < 1.29 is 34.3 Å². The van der Waals surface area contributed by atoms with Crippen LogP contribution >= 0.6 is 11.6 Å². The molecule has 0 bridgehead atoms. The predicted molar refractivity (Wildman–Crippen MR) is 188 cm³/mol. The van der Waals surface area contributed by atoms with Crippen molar-refractivity contribution in [1.29, 1.82) is 0 Å². The number of carbonyl (C=O) groups is 4. The van der Waals surface area contributed by atoms with Crippen molar-refractivity contribution in [1.82, 2.24) is 0 Å². The lowest BCUT2D eigenvalue weighted by molar-refractivity contribution is -0.127. The first-order chi connectivity index (χ1) is 24.0. The van der Waals surface area contributed by atoms with Gasteiger partial charge in [-0.1, -0.05) is 83.9 Å². The maximum absolute atomic E-state index is 15.3. The molecule has 9 nitrogen and oxygen atoms in total. The van der Waals surface area contributed by atoms with Crippen LogP contribution in [0.2, 0.25) is 5.02 Å². The average Bonchev–Trinajstić information content (AvgIpc) is 3.50. The minimum atomic E-state index is -1.79. The number of aromatic hydroxyl groups is 1. The van der Waals surface area contributed by atoms with Gasteiger partial charge in [0.15, 0.2) is 0 Å². The first-order valence-corrected chi connectivity index (χ1v) is 16.9. The van der Waals surface area contributed by atoms with Crippen LogP contribution in [-0.2, 0) is 24.6 Å². The number of amides is 4. The van der Waals surface area contributed by atoms with Crippen LogP contribution < -0.4 is 15.3 Å². The number of hydrogen-bond acceptors (Lipinski definition) is 7. The van der Waals surface area contributed by atoms with E-state index in [1.165, 1.54) is 17.0 Å². The van der Waals surface area contributed by atoms with Gasteiger partial charge in [-0.05, 0) is 84.2 Å². The molecule has 8 rings (SSSR count). The van der Waals surface area contributed by atoms with E-state index in [0.29, 0.717) is 27.4 Å². The first kappa shape index (κ1) is 32.2. The maximum atomic E-state index is 15.3. The van der Waals surface area contributed by atoms with Crippen molar-refractivity contribution in [2.45, 2.75) is 31.1 Å². The van der Waals surface area contributed by atoms with Crippen molar-refractivity contribution in [3.05, 3.63) is 130 Å². The van der Waals surface area contributed by atoms with E-state index in [0.717, 1.165) is 10.5 Å². The molecule has 4 aromatic rings. The van der Waals surface area contributed by atoms with Gasteiger partial charge in [0.05, 0.1) is 34.5 Å². The summed E-state index contributed by atoms with van der Waals surface area (Å²) in [5.41, 5.74) is 2.05. The van der Waals surface area contributed by atoms with Gasteiger partial charge in [0.25, 0.3) is 0 Å². The third-order valence-electron chi connectivity index (χ3n) is 11.1. The highest BCUT2D eigenvalue weighted by molar-refractivity contribution is 6.58. The van der Waals surface area contributed by atoms with E-state index in [4.69, 9.17) is 11.6 Å². The molecule has 11 heteroatoms. The van der Waals surface area contributed by atoms with Gasteiger partial charge < -0.3 is 15.2 Å². The number of fused-ring (bicyclic) bond motifs is 4. The molecule has 1 saturated carbocycles. The summed E-state index contributed by atoms with van der Waals surface area (Å²) in [6, 6.07) is 27.1. The third kappa shape index (κ3) is 4.55. The number of hydrogen-bond donors (Lipinski definition) is 3. The molecule has 2 aliphatic heterocycles. The molecule has 6 unspecified atom stereocenters. The summed E-state index contributed by atoms with van der Waals surface area (Å²) in [5, 5.41) is 30.5. The number of imide groups is 2. The molecule has 0 aromatic heterocycles. The number of carbonyl (C=O) groups excluding carboxylic acids is 4. The SMILES string of the molecule is Cc1cc(C2C3=CCC4C(=O)N(c5cccc(B(O)O)c5)C(=O)C4C3CC3C(=O)N(c4cccc(Cl)c4)C(=O)C32c2ccccc2)ccc1O. The molecule has 0 radical (unpaired) electrons. The third-order valence-corrected chi connectivity index (χ3v) is 11.4. The monoisotopic (exact) mass is 686 g/mol. The van der Waals surface area contributed by atoms with Crippen molar-refractivity contribution in [2.24, 2.45) is 23.7 Å². The molecule has 50 heavy (non-hydrogen) atoms. The molecule has 4 amide bonds. The number of anilines is 2. The molecule has 4 aromatic carbocycles. The van der Waals surface area contributed by atoms with E-state index in [1.54, 1.807) is 55.5 Å². The quantitative estimate of drug-likeness (QED) is 0.161. The molecule has 6 atom stereocenters. The number of halogens is 1. The molecule has 4 aliphatic rings. The molecule has 3 N–H and O–H groups in total. The summed E-state index contributed by atoms with van der Waals surface area (Å²) in [4.78, 5) is 61.0. The minimum absolute atomic E-state index is 0.0842. The average molecular weight is 687 g/mol. The van der Waals surface area contributed by atoms with E-state index >= 15 is 4.79 Å². The molecule has 250 valence electrons. The van der Waals surface area contributed by atoms with E-state index in [2.05, 4.69) is 0 Å². The lowest BCUT2D eigenvalue weighted by Gasteiger charge is -2.50. The van der Waals surface area contributed by atoms with Crippen LogP contribution in [0.3, 0.4) is 0 Å². The van der Waals surface area contributed by atoms with Crippen molar-refractivity contribution in [3.63, 3.8) is 0 Å². The second-order valence-electron chi connectivity index (χ2n) is 13.6. The predicted octanol–water partition coefficient (Wildman–Crippen LogP) is 4.40. The first-order valence-electron chi connectivity index (χ1n) is 16.6. The maximum Gasteiger partial charge on any atom is 0.488 e. The number of nitrogens with zero attached hydrogens (tertiary/aromatic N) is 2. The fraction of sp³-hybridized carbons (Fsp3) is 0.231. The summed E-state index contributed by atoms with van der Waals surface area (Å²) < 4.78 is 0. The highest BCUT2D eigenvalue weighted by Crippen LogP contribution is 2.64. The van der Waals surface area contributed by atoms with Crippen molar-refractivity contribution >= 4 is 59.2 Å². The Bertz CT molecular complexity index is 2140. The van der Waals surface area contributed by atoms with Crippen LogP contribution in [0.5, 0.6) is 5.75 Å².